The molecular formula is C25H26FN2NaO5S2. The number of hydrogen-bond acceptors (Lipinski definition) is 7. The van der Waals surface area contributed by atoms with Crippen LogP contribution >= 0.6 is 11.3 Å². The van der Waals surface area contributed by atoms with Gasteiger partial charge in [-0.15, -0.1) is 11.3 Å². The number of carboxylic acid groups (broad SMARTS) is 1. The van der Waals surface area contributed by atoms with E-state index < -0.39 is 22.2 Å². The SMILES string of the molecule is Cc1csc(S(=O)(=O)N(CC(C)F)c2cc3c(cc2OCc2ccc(C(=O)[O-])cc2C)CCC3)n1.[Na+]. The third-order valence-corrected chi connectivity index (χ3v) is 9.06. The Hall–Kier alpha value is -1.98. The fourth-order valence-electron chi connectivity index (χ4n) is 4.14. The summed E-state index contributed by atoms with van der Waals surface area (Å²) in [7, 11) is -4.13. The van der Waals surface area contributed by atoms with E-state index in [0.29, 0.717) is 17.0 Å². The number of alkyl halides is 1. The Morgan fingerprint density at radius 2 is 1.92 bits per heavy atom. The average Bonchev–Trinajstić information content (AvgIpc) is 3.44. The predicted molar refractivity (Wildman–Crippen MR) is 130 cm³/mol. The van der Waals surface area contributed by atoms with E-state index in [1.54, 1.807) is 31.4 Å². The van der Waals surface area contributed by atoms with Crippen molar-refractivity contribution < 1.29 is 57.0 Å². The van der Waals surface area contributed by atoms with Crippen molar-refractivity contribution in [2.45, 2.75) is 57.2 Å². The van der Waals surface area contributed by atoms with E-state index in [2.05, 4.69) is 4.98 Å². The maximum absolute atomic E-state index is 14.3. The van der Waals surface area contributed by atoms with Crippen LogP contribution in [0.5, 0.6) is 5.75 Å². The number of carboxylic acids is 1. The average molecular weight is 541 g/mol. The van der Waals surface area contributed by atoms with E-state index >= 15 is 0 Å². The largest absolute Gasteiger partial charge is 1.00 e. The van der Waals surface area contributed by atoms with E-state index in [0.717, 1.165) is 51.6 Å². The zero-order valence-electron chi connectivity index (χ0n) is 20.7. The zero-order valence-corrected chi connectivity index (χ0v) is 24.3. The van der Waals surface area contributed by atoms with Crippen LogP contribution < -0.4 is 43.7 Å². The van der Waals surface area contributed by atoms with Crippen LogP contribution in [0.2, 0.25) is 0 Å². The number of thiazole rings is 1. The number of nitrogens with zero attached hydrogens (tertiary/aromatic N) is 2. The Labute approximate surface area is 236 Å². The van der Waals surface area contributed by atoms with Crippen LogP contribution in [0.3, 0.4) is 0 Å². The number of ether oxygens (including phenoxy) is 1. The monoisotopic (exact) mass is 540 g/mol. The van der Waals surface area contributed by atoms with Gasteiger partial charge in [-0.25, -0.2) is 9.37 Å². The molecular weight excluding hydrogens is 514 g/mol. The molecule has 0 spiro atoms. The van der Waals surface area contributed by atoms with Crippen molar-refractivity contribution >= 4 is 33.0 Å². The van der Waals surface area contributed by atoms with Gasteiger partial charge in [-0.2, -0.15) is 8.42 Å². The summed E-state index contributed by atoms with van der Waals surface area (Å²) >= 11 is 0.997. The summed E-state index contributed by atoms with van der Waals surface area (Å²) in [6.45, 7) is 4.48. The molecule has 0 aliphatic heterocycles. The quantitative estimate of drug-likeness (QED) is 0.372. The molecule has 0 amide bonds. The maximum Gasteiger partial charge on any atom is 1.00 e. The topological polar surface area (TPSA) is 99.6 Å². The summed E-state index contributed by atoms with van der Waals surface area (Å²) in [5.74, 6) is -0.938. The van der Waals surface area contributed by atoms with Crippen LogP contribution in [-0.2, 0) is 29.5 Å². The Morgan fingerprint density at radius 1 is 1.22 bits per heavy atom. The number of aromatic carboxylic acids is 1. The molecule has 1 unspecified atom stereocenters. The van der Waals surface area contributed by atoms with E-state index in [-0.39, 0.29) is 58.3 Å². The number of sulfonamides is 1. The van der Waals surface area contributed by atoms with Gasteiger partial charge in [0, 0.05) is 11.1 Å². The van der Waals surface area contributed by atoms with Crippen LogP contribution in [0.1, 0.15) is 51.7 Å². The minimum Gasteiger partial charge on any atom is -0.545 e. The molecule has 4 rings (SSSR count). The van der Waals surface area contributed by atoms with Crippen molar-refractivity contribution in [1.29, 1.82) is 0 Å². The summed E-state index contributed by atoms with van der Waals surface area (Å²) in [4.78, 5) is 15.3. The Balaban J connectivity index is 0.00000361. The van der Waals surface area contributed by atoms with Gasteiger partial charge in [-0.3, -0.25) is 4.31 Å². The number of halogens is 1. The van der Waals surface area contributed by atoms with Crippen molar-refractivity contribution in [1.82, 2.24) is 4.98 Å². The molecule has 0 saturated carbocycles. The second kappa shape index (κ2) is 11.6. The molecule has 36 heavy (non-hydrogen) atoms. The van der Waals surface area contributed by atoms with E-state index in [4.69, 9.17) is 4.74 Å². The number of rotatable bonds is 9. The van der Waals surface area contributed by atoms with Gasteiger partial charge in [0.05, 0.1) is 18.2 Å². The third kappa shape index (κ3) is 6.11. The molecule has 1 atom stereocenters. The Morgan fingerprint density at radius 3 is 2.50 bits per heavy atom. The van der Waals surface area contributed by atoms with Gasteiger partial charge in [0.25, 0.3) is 10.0 Å². The van der Waals surface area contributed by atoms with Crippen LogP contribution in [0.25, 0.3) is 0 Å². The Bertz CT molecular complexity index is 1370. The number of hydrogen-bond donors (Lipinski definition) is 0. The summed E-state index contributed by atoms with van der Waals surface area (Å²) < 4.78 is 48.5. The van der Waals surface area contributed by atoms with Gasteiger partial charge in [-0.1, -0.05) is 12.1 Å². The minimum atomic E-state index is -4.13. The number of anilines is 1. The predicted octanol–water partition coefficient (Wildman–Crippen LogP) is 0.748. The normalized spacial score (nSPS) is 13.6. The molecule has 186 valence electrons. The number of fused-ring (bicyclic) bond motifs is 1. The molecule has 3 aromatic rings. The van der Waals surface area contributed by atoms with Crippen molar-refractivity contribution in [3.8, 4) is 5.75 Å². The fraction of sp³-hybridized carbons (Fsp3) is 0.360. The molecule has 11 heteroatoms. The maximum atomic E-state index is 14.3. The van der Waals surface area contributed by atoms with Crippen LogP contribution in [0, 0.1) is 13.8 Å². The second-order valence-electron chi connectivity index (χ2n) is 8.73. The van der Waals surface area contributed by atoms with Crippen LogP contribution in [0.15, 0.2) is 40.1 Å². The second-order valence-corrected chi connectivity index (χ2v) is 11.6. The first-order valence-corrected chi connectivity index (χ1v) is 13.6. The molecule has 0 bridgehead atoms. The summed E-state index contributed by atoms with van der Waals surface area (Å²) in [6, 6.07) is 8.20. The van der Waals surface area contributed by atoms with Gasteiger partial charge < -0.3 is 14.6 Å². The molecule has 1 aromatic heterocycles. The van der Waals surface area contributed by atoms with Crippen LogP contribution in [0.4, 0.5) is 10.1 Å². The molecule has 1 aliphatic carbocycles. The van der Waals surface area contributed by atoms with E-state index in [1.807, 2.05) is 6.07 Å². The van der Waals surface area contributed by atoms with Crippen molar-refractivity contribution in [3.63, 3.8) is 0 Å². The van der Waals surface area contributed by atoms with Crippen molar-refractivity contribution in [3.05, 3.63) is 69.2 Å². The number of carbonyl (C=O) groups excluding carboxylic acids is 1. The zero-order chi connectivity index (χ0) is 25.3. The summed E-state index contributed by atoms with van der Waals surface area (Å²) in [5.41, 5.74) is 4.44. The molecule has 1 heterocycles. The number of aromatic nitrogens is 1. The van der Waals surface area contributed by atoms with Crippen molar-refractivity contribution in [2.75, 3.05) is 10.8 Å². The molecule has 1 aliphatic rings. The first-order valence-electron chi connectivity index (χ1n) is 11.2. The summed E-state index contributed by atoms with van der Waals surface area (Å²) in [5, 5.41) is 12.8. The standard InChI is InChI=1S/C25H27FN2O5S2.Na/c1-15-9-20(24(29)30)7-8-21(15)13-33-23-11-19-6-4-5-18(19)10-22(23)28(12-16(2)26)35(31,32)25-27-17(3)14-34-25;/h7-11,14,16H,4-6,12-13H2,1-3H3,(H,29,30);/q;+1/p-1. The molecule has 0 saturated heterocycles. The minimum absolute atomic E-state index is 0. The Kier molecular flexibility index (Phi) is 9.21. The molecule has 2 aromatic carbocycles. The fourth-order valence-corrected chi connectivity index (χ4v) is 6.81. The smallest absolute Gasteiger partial charge is 0.545 e. The number of aryl methyl sites for hydroxylation is 4. The first-order chi connectivity index (χ1) is 16.6. The van der Waals surface area contributed by atoms with Crippen molar-refractivity contribution in [2.24, 2.45) is 0 Å². The summed E-state index contributed by atoms with van der Waals surface area (Å²) in [6.07, 6.45) is 1.18. The van der Waals surface area contributed by atoms with Crippen LogP contribution in [-0.4, -0.2) is 32.1 Å². The molecule has 7 nitrogen and oxygen atoms in total. The number of benzene rings is 2. The van der Waals surface area contributed by atoms with Gasteiger partial charge in [0.15, 0.2) is 0 Å². The molecule has 0 radical (unpaired) electrons. The third-order valence-electron chi connectivity index (χ3n) is 5.93. The van der Waals surface area contributed by atoms with Gasteiger partial charge >= 0.3 is 29.6 Å². The van der Waals surface area contributed by atoms with Gasteiger partial charge in [0.1, 0.15) is 18.5 Å². The van der Waals surface area contributed by atoms with Gasteiger partial charge in [-0.05, 0) is 86.1 Å². The number of carbonyl (C=O) groups is 1. The van der Waals surface area contributed by atoms with E-state index in [1.165, 1.54) is 19.1 Å². The molecule has 0 N–H and O–H groups in total. The first kappa shape index (κ1) is 28.6. The van der Waals surface area contributed by atoms with E-state index in [9.17, 15) is 22.7 Å². The molecule has 0 fully saturated rings. The van der Waals surface area contributed by atoms with Gasteiger partial charge in [0.2, 0.25) is 4.34 Å².